The van der Waals surface area contributed by atoms with Crippen LogP contribution in [0.2, 0.25) is 0 Å². The van der Waals surface area contributed by atoms with Crippen LogP contribution in [0.5, 0.6) is 0 Å². The first-order chi connectivity index (χ1) is 12.3. The molecule has 2 N–H and O–H groups in total. The van der Waals surface area contributed by atoms with Crippen LogP contribution in [0.15, 0.2) is 0 Å². The normalized spacial score (nSPS) is 26.5. The van der Waals surface area contributed by atoms with Gasteiger partial charge in [0.25, 0.3) is 10.1 Å². The Morgan fingerprint density at radius 3 is 1.77 bits per heavy atom. The van der Waals surface area contributed by atoms with E-state index in [1.807, 2.05) is 0 Å². The number of hydrogen-bond acceptors (Lipinski definition) is 6. The van der Waals surface area contributed by atoms with Crippen LogP contribution in [0.1, 0.15) is 90.4 Å². The fourth-order valence-corrected chi connectivity index (χ4v) is 4.06. The lowest BCUT2D eigenvalue weighted by molar-refractivity contribution is -0.121. The summed E-state index contributed by atoms with van der Waals surface area (Å²) in [7, 11) is -3.74. The van der Waals surface area contributed by atoms with Gasteiger partial charge in [0.2, 0.25) is 0 Å². The van der Waals surface area contributed by atoms with Crippen molar-refractivity contribution in [3.8, 4) is 0 Å². The van der Waals surface area contributed by atoms with E-state index in [4.69, 9.17) is 8.92 Å². The van der Waals surface area contributed by atoms with Crippen molar-refractivity contribution in [2.24, 2.45) is 0 Å². The third kappa shape index (κ3) is 10.2. The summed E-state index contributed by atoms with van der Waals surface area (Å²) >= 11 is 0. The van der Waals surface area contributed by atoms with Crippen LogP contribution in [0.25, 0.3) is 0 Å². The van der Waals surface area contributed by atoms with E-state index in [1.54, 1.807) is 0 Å². The van der Waals surface area contributed by atoms with Crippen LogP contribution in [0.3, 0.4) is 0 Å². The Kier molecular flexibility index (Phi) is 12.0. The number of aliphatic hydroxyl groups excluding tert-OH is 2. The van der Waals surface area contributed by atoms with E-state index >= 15 is 0 Å². The molecule has 0 aromatic carbocycles. The van der Waals surface area contributed by atoms with E-state index in [-0.39, 0.29) is 0 Å². The fourth-order valence-electron chi connectivity index (χ4n) is 3.45. The maximum absolute atomic E-state index is 11.2. The van der Waals surface area contributed by atoms with Crippen molar-refractivity contribution in [2.75, 3.05) is 6.26 Å². The van der Waals surface area contributed by atoms with Crippen LogP contribution >= 0.6 is 0 Å². The van der Waals surface area contributed by atoms with Gasteiger partial charge in [-0.25, -0.2) is 0 Å². The van der Waals surface area contributed by atoms with Gasteiger partial charge < -0.3 is 14.9 Å². The highest BCUT2D eigenvalue weighted by molar-refractivity contribution is 7.86. The summed E-state index contributed by atoms with van der Waals surface area (Å²) in [6.07, 6.45) is 12.2. The van der Waals surface area contributed by atoms with Crippen molar-refractivity contribution in [2.45, 2.75) is 115 Å². The van der Waals surface area contributed by atoms with Crippen molar-refractivity contribution in [1.29, 1.82) is 0 Å². The van der Waals surface area contributed by atoms with Gasteiger partial charge in [-0.2, -0.15) is 8.42 Å². The summed E-state index contributed by atoms with van der Waals surface area (Å²) in [4.78, 5) is 0. The molecule has 4 atom stereocenters. The van der Waals surface area contributed by atoms with Crippen molar-refractivity contribution in [3.63, 3.8) is 0 Å². The highest BCUT2D eigenvalue weighted by atomic mass is 32.2. The standard InChI is InChI=1S/C19H38O6S/c1-3-4-5-6-7-8-9-10-11-12-13-14-15-16-17(20)18(19(21)24-16)25-26(2,22)23/h16-21H,3-15H2,1-2H3/t16?,17-,18-,19+/m1/s1. The molecule has 0 aromatic heterocycles. The number of rotatable bonds is 15. The van der Waals surface area contributed by atoms with Gasteiger partial charge in [0.15, 0.2) is 12.4 Å². The second kappa shape index (κ2) is 13.0. The maximum atomic E-state index is 11.2. The Morgan fingerprint density at radius 2 is 1.31 bits per heavy atom. The molecule has 0 spiro atoms. The molecule has 0 amide bonds. The molecule has 1 aliphatic rings. The molecule has 0 saturated carbocycles. The Bertz CT molecular complexity index is 453. The molecule has 156 valence electrons. The molecule has 1 rings (SSSR count). The molecule has 1 fully saturated rings. The Labute approximate surface area is 159 Å². The molecule has 26 heavy (non-hydrogen) atoms. The third-order valence-corrected chi connectivity index (χ3v) is 5.51. The van der Waals surface area contributed by atoms with Gasteiger partial charge in [-0.3, -0.25) is 4.18 Å². The topological polar surface area (TPSA) is 93.1 Å². The van der Waals surface area contributed by atoms with Gasteiger partial charge in [0, 0.05) is 0 Å². The summed E-state index contributed by atoms with van der Waals surface area (Å²) in [6.45, 7) is 2.24. The van der Waals surface area contributed by atoms with E-state index < -0.39 is 34.7 Å². The smallest absolute Gasteiger partial charge is 0.264 e. The monoisotopic (exact) mass is 394 g/mol. The minimum absolute atomic E-state index is 0.570. The first-order valence-electron chi connectivity index (χ1n) is 10.2. The van der Waals surface area contributed by atoms with Crippen LogP contribution < -0.4 is 0 Å². The highest BCUT2D eigenvalue weighted by Gasteiger charge is 2.45. The second-order valence-corrected chi connectivity index (χ2v) is 9.10. The minimum atomic E-state index is -3.74. The molecular weight excluding hydrogens is 356 g/mol. The zero-order chi connectivity index (χ0) is 19.4. The van der Waals surface area contributed by atoms with Crippen LogP contribution in [0.4, 0.5) is 0 Å². The highest BCUT2D eigenvalue weighted by Crippen LogP contribution is 2.27. The van der Waals surface area contributed by atoms with Crippen molar-refractivity contribution in [1.82, 2.24) is 0 Å². The van der Waals surface area contributed by atoms with Crippen molar-refractivity contribution < 1.29 is 27.6 Å². The minimum Gasteiger partial charge on any atom is -0.387 e. The van der Waals surface area contributed by atoms with Crippen LogP contribution in [-0.4, -0.2) is 49.5 Å². The van der Waals surface area contributed by atoms with Crippen LogP contribution in [-0.2, 0) is 19.0 Å². The molecule has 7 heteroatoms. The fraction of sp³-hybridized carbons (Fsp3) is 1.00. The number of aliphatic hydroxyl groups is 2. The first-order valence-corrected chi connectivity index (χ1v) is 12.1. The van der Waals surface area contributed by atoms with Crippen molar-refractivity contribution in [3.05, 3.63) is 0 Å². The zero-order valence-electron chi connectivity index (χ0n) is 16.4. The second-order valence-electron chi connectivity index (χ2n) is 7.50. The molecule has 0 radical (unpaired) electrons. The quantitative estimate of drug-likeness (QED) is 0.326. The van der Waals surface area contributed by atoms with Gasteiger partial charge in [-0.05, 0) is 6.42 Å². The molecule has 0 bridgehead atoms. The summed E-state index contributed by atoms with van der Waals surface area (Å²) in [5.41, 5.74) is 0. The lowest BCUT2D eigenvalue weighted by Crippen LogP contribution is -2.36. The van der Waals surface area contributed by atoms with Gasteiger partial charge in [0.1, 0.15) is 6.10 Å². The van der Waals surface area contributed by atoms with E-state index in [2.05, 4.69) is 6.92 Å². The predicted octanol–water partition coefficient (Wildman–Crippen LogP) is 3.50. The molecule has 1 aliphatic heterocycles. The van der Waals surface area contributed by atoms with E-state index in [9.17, 15) is 18.6 Å². The summed E-state index contributed by atoms with van der Waals surface area (Å²) < 4.78 is 32.3. The Balaban J connectivity index is 2.01. The van der Waals surface area contributed by atoms with Gasteiger partial charge in [-0.1, -0.05) is 84.0 Å². The van der Waals surface area contributed by atoms with Gasteiger partial charge >= 0.3 is 0 Å². The molecule has 1 saturated heterocycles. The Morgan fingerprint density at radius 1 is 0.846 bits per heavy atom. The third-order valence-electron chi connectivity index (χ3n) is 4.94. The van der Waals surface area contributed by atoms with E-state index in [1.165, 1.54) is 57.8 Å². The van der Waals surface area contributed by atoms with Gasteiger partial charge in [0.05, 0.1) is 12.4 Å². The molecule has 0 aliphatic carbocycles. The summed E-state index contributed by atoms with van der Waals surface area (Å²) in [6, 6.07) is 0. The molecule has 6 nitrogen and oxygen atoms in total. The Hall–Kier alpha value is -0.210. The number of unbranched alkanes of at least 4 members (excludes halogenated alkanes) is 11. The van der Waals surface area contributed by atoms with Crippen LogP contribution in [0, 0.1) is 0 Å². The predicted molar refractivity (Wildman–Crippen MR) is 102 cm³/mol. The van der Waals surface area contributed by atoms with E-state index in [0.717, 1.165) is 25.5 Å². The van der Waals surface area contributed by atoms with Crippen molar-refractivity contribution >= 4 is 10.1 Å². The lowest BCUT2D eigenvalue weighted by atomic mass is 10.0. The van der Waals surface area contributed by atoms with E-state index in [0.29, 0.717) is 6.42 Å². The first kappa shape index (κ1) is 23.8. The molecule has 1 heterocycles. The number of ether oxygens (including phenoxy) is 1. The summed E-state index contributed by atoms with van der Waals surface area (Å²) in [5.74, 6) is 0. The zero-order valence-corrected chi connectivity index (χ0v) is 17.3. The number of hydrogen-bond donors (Lipinski definition) is 2. The SMILES string of the molecule is CCCCCCCCCCCCCCC1O[C@H](O)[C@H](OS(C)(=O)=O)[C@@H]1O. The molecular formula is C19H38O6S. The summed E-state index contributed by atoms with van der Waals surface area (Å²) in [5, 5.41) is 19.8. The molecule has 0 aromatic rings. The maximum Gasteiger partial charge on any atom is 0.264 e. The average Bonchev–Trinajstić information content (AvgIpc) is 2.82. The molecule has 1 unspecified atom stereocenters. The largest absolute Gasteiger partial charge is 0.387 e. The van der Waals surface area contributed by atoms with Gasteiger partial charge in [-0.15, -0.1) is 0 Å². The average molecular weight is 395 g/mol. The lowest BCUT2D eigenvalue weighted by Gasteiger charge is -2.16.